The fourth-order valence-corrected chi connectivity index (χ4v) is 10.8. The van der Waals surface area contributed by atoms with E-state index in [0.717, 1.165) is 35.2 Å². The lowest BCUT2D eigenvalue weighted by molar-refractivity contribution is 0.0218. The number of ether oxygens (including phenoxy) is 2. The van der Waals surface area contributed by atoms with E-state index in [-0.39, 0.29) is 5.41 Å². The molecule has 2 aliphatic carbocycles. The highest BCUT2D eigenvalue weighted by molar-refractivity contribution is 7.39. The minimum atomic E-state index is -1.36. The summed E-state index contributed by atoms with van der Waals surface area (Å²) in [5.74, 6) is 3.63. The van der Waals surface area contributed by atoms with Crippen molar-refractivity contribution >= 4 is 8.53 Å². The Hall–Kier alpha value is -1.53. The Labute approximate surface area is 262 Å². The van der Waals surface area contributed by atoms with E-state index in [1.807, 2.05) is 0 Å². The standard InChI is InChI=1S/C39H59O2P/c1-25(2)28-23-31(26(3)4)35(32(24-28)27(5)6)36-33(40-7)19-20-34(41-8)37(36)38-39(21-22-42-38,29-15-11-9-12-16-29)30-17-13-10-14-18-30/h19-20,23-27,29-30,38,42H,9-18,21-22H2,1-8H3/i38D,42D. The van der Waals surface area contributed by atoms with Crippen molar-refractivity contribution in [3.05, 3.63) is 46.5 Å². The average molecular weight is 593 g/mol. The van der Waals surface area contributed by atoms with Gasteiger partial charge in [-0.1, -0.05) is 92.2 Å². The number of rotatable bonds is 9. The highest BCUT2D eigenvalue weighted by Crippen LogP contribution is 2.70. The van der Waals surface area contributed by atoms with Crippen LogP contribution in [0.3, 0.4) is 0 Å². The lowest BCUT2D eigenvalue weighted by atomic mass is 9.55. The predicted octanol–water partition coefficient (Wildman–Crippen LogP) is 12.0. The van der Waals surface area contributed by atoms with Crippen molar-refractivity contribution in [1.82, 2.24) is 0 Å². The van der Waals surface area contributed by atoms with Crippen molar-refractivity contribution in [2.75, 3.05) is 20.4 Å². The Morgan fingerprint density at radius 3 is 1.69 bits per heavy atom. The normalized spacial score (nSPS) is 26.1. The molecule has 3 fully saturated rings. The summed E-state index contributed by atoms with van der Waals surface area (Å²) in [4.78, 5) is 0. The molecule has 2 atom stereocenters. The van der Waals surface area contributed by atoms with Crippen LogP contribution >= 0.6 is 8.53 Å². The van der Waals surface area contributed by atoms with E-state index < -0.39 is 14.2 Å². The molecule has 3 heteroatoms. The van der Waals surface area contributed by atoms with Crippen LogP contribution in [0, 0.1) is 17.3 Å². The van der Waals surface area contributed by atoms with Crippen molar-refractivity contribution in [1.29, 1.82) is 1.28 Å². The Kier molecular flexibility index (Phi) is 9.47. The molecular formula is C39H59O2P. The van der Waals surface area contributed by atoms with E-state index in [4.69, 9.17) is 9.47 Å². The van der Waals surface area contributed by atoms with Crippen LogP contribution < -0.4 is 9.47 Å². The van der Waals surface area contributed by atoms with Crippen LogP contribution in [0.4, 0.5) is 0 Å². The third-order valence-electron chi connectivity index (χ3n) is 11.1. The Morgan fingerprint density at radius 2 is 1.24 bits per heavy atom. The zero-order valence-corrected chi connectivity index (χ0v) is 28.8. The molecule has 42 heavy (non-hydrogen) atoms. The first-order valence-corrected chi connectivity index (χ1v) is 18.3. The summed E-state index contributed by atoms with van der Waals surface area (Å²) in [7, 11) is 2.20. The van der Waals surface area contributed by atoms with Crippen LogP contribution in [-0.2, 0) is 0 Å². The summed E-state index contributed by atoms with van der Waals surface area (Å²) in [6, 6.07) is 8.96. The smallest absolute Gasteiger partial charge is 0.127 e. The number of methoxy groups -OCH3 is 2. The van der Waals surface area contributed by atoms with E-state index in [2.05, 4.69) is 65.8 Å². The second kappa shape index (κ2) is 13.6. The van der Waals surface area contributed by atoms with Crippen LogP contribution in [0.2, 0.25) is 0 Å². The van der Waals surface area contributed by atoms with Crippen LogP contribution in [0.1, 0.15) is 159 Å². The topological polar surface area (TPSA) is 18.5 Å². The number of hydrogen-bond donors (Lipinski definition) is 0. The van der Waals surface area contributed by atoms with E-state index in [1.165, 1.54) is 86.5 Å². The molecule has 1 heterocycles. The number of benzene rings is 2. The molecule has 0 radical (unpaired) electrons. The summed E-state index contributed by atoms with van der Waals surface area (Å²) in [6.07, 6.45) is 14.4. The van der Waals surface area contributed by atoms with E-state index in [1.54, 1.807) is 14.2 Å². The van der Waals surface area contributed by atoms with Gasteiger partial charge in [0.25, 0.3) is 0 Å². The first-order valence-electron chi connectivity index (χ1n) is 18.2. The summed E-state index contributed by atoms with van der Waals surface area (Å²) in [5.41, 5.74) is 6.02. The van der Waals surface area contributed by atoms with Crippen molar-refractivity contribution in [3.63, 3.8) is 0 Å². The predicted molar refractivity (Wildman–Crippen MR) is 183 cm³/mol. The van der Waals surface area contributed by atoms with Gasteiger partial charge in [0.05, 0.1) is 15.5 Å². The molecule has 2 unspecified atom stereocenters. The number of hydrogen-bond acceptors (Lipinski definition) is 2. The van der Waals surface area contributed by atoms with E-state index in [0.29, 0.717) is 29.6 Å². The lowest BCUT2D eigenvalue weighted by Crippen LogP contribution is -2.42. The second-order valence-corrected chi connectivity index (χ2v) is 15.7. The Bertz CT molecular complexity index is 1240. The molecule has 0 aromatic heterocycles. The van der Waals surface area contributed by atoms with Gasteiger partial charge in [0.2, 0.25) is 0 Å². The maximum atomic E-state index is 11.1. The molecule has 0 N–H and O–H groups in total. The molecule has 1 saturated heterocycles. The maximum absolute atomic E-state index is 11.1. The van der Waals surface area contributed by atoms with Gasteiger partial charge in [-0.3, -0.25) is 0 Å². The van der Waals surface area contributed by atoms with Crippen molar-refractivity contribution in [3.8, 4) is 22.6 Å². The molecule has 0 spiro atoms. The molecule has 3 aliphatic rings. The van der Waals surface area contributed by atoms with Crippen molar-refractivity contribution in [2.24, 2.45) is 17.3 Å². The summed E-state index contributed by atoms with van der Waals surface area (Å²) < 4.78 is 33.6. The molecular weight excluding hydrogens is 531 g/mol. The molecule has 232 valence electrons. The zero-order valence-electron chi connectivity index (χ0n) is 29.9. The van der Waals surface area contributed by atoms with Gasteiger partial charge in [0.15, 0.2) is 0 Å². The highest BCUT2D eigenvalue weighted by atomic mass is 31.1. The Morgan fingerprint density at radius 1 is 0.738 bits per heavy atom. The second-order valence-electron chi connectivity index (χ2n) is 14.4. The summed E-state index contributed by atoms with van der Waals surface area (Å²) >= 11 is 0. The van der Waals surface area contributed by atoms with Crippen molar-refractivity contribution in [2.45, 2.75) is 136 Å². The molecule has 2 nitrogen and oxygen atoms in total. The first-order chi connectivity index (χ1) is 21.0. The van der Waals surface area contributed by atoms with Gasteiger partial charge >= 0.3 is 0 Å². The molecule has 0 bridgehead atoms. The zero-order chi connectivity index (χ0) is 31.8. The molecule has 2 saturated carbocycles. The van der Waals surface area contributed by atoms with Crippen LogP contribution in [0.15, 0.2) is 24.3 Å². The van der Waals surface area contributed by atoms with Crippen LogP contribution in [0.5, 0.6) is 11.5 Å². The van der Waals surface area contributed by atoms with Gasteiger partial charge in [-0.25, -0.2) is 0 Å². The van der Waals surface area contributed by atoms with Gasteiger partial charge < -0.3 is 9.47 Å². The Balaban J connectivity index is 1.92. The molecule has 0 amide bonds. The van der Waals surface area contributed by atoms with Crippen LogP contribution in [-0.4, -0.2) is 21.7 Å². The highest BCUT2D eigenvalue weighted by Gasteiger charge is 2.54. The summed E-state index contributed by atoms with van der Waals surface area (Å²) in [5, 5.41) is 0. The van der Waals surface area contributed by atoms with Crippen LogP contribution in [0.25, 0.3) is 11.1 Å². The van der Waals surface area contributed by atoms with Gasteiger partial charge in [-0.15, -0.1) is 8.53 Å². The van der Waals surface area contributed by atoms with E-state index in [9.17, 15) is 2.65 Å². The maximum Gasteiger partial charge on any atom is 0.127 e. The minimum Gasteiger partial charge on any atom is -0.496 e. The quantitative estimate of drug-likeness (QED) is 0.270. The molecule has 1 aliphatic heterocycles. The van der Waals surface area contributed by atoms with Gasteiger partial charge in [0.1, 0.15) is 11.5 Å². The lowest BCUT2D eigenvalue weighted by Gasteiger charge is -2.51. The third kappa shape index (κ3) is 5.80. The van der Waals surface area contributed by atoms with Gasteiger partial charge in [-0.2, -0.15) is 0 Å². The first kappa shape index (κ1) is 29.2. The SMILES string of the molecule is [2H]P1CCC(C2CCCCC2)(C2CCCCC2)C1([2H])c1c(OC)ccc(OC)c1-c1c(C(C)C)cc(C(C)C)cc1C(C)C. The monoisotopic (exact) mass is 592 g/mol. The van der Waals surface area contributed by atoms with E-state index >= 15 is 0 Å². The summed E-state index contributed by atoms with van der Waals surface area (Å²) in [6.45, 7) is 13.8. The fourth-order valence-electron chi connectivity index (χ4n) is 8.93. The van der Waals surface area contributed by atoms with Gasteiger partial charge in [0, 0.05) is 18.1 Å². The fraction of sp³-hybridized carbons (Fsp3) is 0.692. The van der Waals surface area contributed by atoms with Gasteiger partial charge in [-0.05, 0) is 108 Å². The molecule has 2 aromatic rings. The third-order valence-corrected chi connectivity index (χ3v) is 12.5. The largest absolute Gasteiger partial charge is 0.496 e. The van der Waals surface area contributed by atoms with Crippen molar-refractivity contribution < 1.29 is 10.8 Å². The molecule has 5 rings (SSSR count). The average Bonchev–Trinajstić information content (AvgIpc) is 3.31. The molecule has 2 aromatic carbocycles. The minimum absolute atomic E-state index is 0.205.